The number of nitrogens with zero attached hydrogens (tertiary/aromatic N) is 3. The fourth-order valence-corrected chi connectivity index (χ4v) is 5.24. The Morgan fingerprint density at radius 2 is 1.83 bits per heavy atom. The number of benzene rings is 2. The lowest BCUT2D eigenvalue weighted by Crippen LogP contribution is -2.05. The Kier molecular flexibility index (Phi) is 5.84. The second-order valence-corrected chi connectivity index (χ2v) is 10.7. The molecule has 5 aromatic rings. The molecule has 0 radical (unpaired) electrons. The molecule has 3 heterocycles. The number of nitrogens with one attached hydrogen (secondary N) is 1. The van der Waals surface area contributed by atoms with Crippen molar-refractivity contribution in [1.29, 1.82) is 0 Å². The van der Waals surface area contributed by atoms with Crippen LogP contribution in [0.15, 0.2) is 79.1 Å². The predicted molar refractivity (Wildman–Crippen MR) is 142 cm³/mol. The molecule has 1 N–H and O–H groups in total. The maximum absolute atomic E-state index is 12.5. The molecule has 0 amide bonds. The second-order valence-electron chi connectivity index (χ2n) is 8.89. The van der Waals surface area contributed by atoms with Gasteiger partial charge in [0.2, 0.25) is 0 Å². The van der Waals surface area contributed by atoms with E-state index in [0.717, 1.165) is 42.9 Å². The Hall–Kier alpha value is -3.48. The zero-order chi connectivity index (χ0) is 23.8. The molecule has 1 fully saturated rings. The van der Waals surface area contributed by atoms with Crippen molar-refractivity contribution in [2.75, 3.05) is 5.32 Å². The number of ketones is 1. The summed E-state index contributed by atoms with van der Waals surface area (Å²) in [6.45, 7) is 0.609. The van der Waals surface area contributed by atoms with Gasteiger partial charge in [-0.05, 0) is 30.9 Å². The molecule has 0 unspecified atom stereocenters. The fourth-order valence-electron chi connectivity index (χ4n) is 4.21. The number of fused-ring (bicyclic) bond motifs is 1. The summed E-state index contributed by atoms with van der Waals surface area (Å²) in [5, 5.41) is 3.45. The Balaban J connectivity index is 1.38. The summed E-state index contributed by atoms with van der Waals surface area (Å²) >= 11 is 7.66. The van der Waals surface area contributed by atoms with Crippen molar-refractivity contribution in [1.82, 2.24) is 14.4 Å². The minimum atomic E-state index is 0.230. The number of anilines is 1. The SMILES string of the molecule is O=C(CC1CC1)c1ccc(-c2cnc3c(NCc4ccc(Cl)s4)nc(-c4ccccc4)cn23)cc1. The van der Waals surface area contributed by atoms with E-state index < -0.39 is 0 Å². The van der Waals surface area contributed by atoms with Gasteiger partial charge in [-0.2, -0.15) is 0 Å². The highest BCUT2D eigenvalue weighted by Crippen LogP contribution is 2.34. The van der Waals surface area contributed by atoms with Crippen LogP contribution in [-0.2, 0) is 6.54 Å². The number of aromatic nitrogens is 3. The van der Waals surface area contributed by atoms with Crippen LogP contribution in [0.1, 0.15) is 34.5 Å². The van der Waals surface area contributed by atoms with Crippen LogP contribution >= 0.6 is 22.9 Å². The standard InChI is InChI=1S/C28H23ClN4OS/c29-26-13-12-22(35-26)15-30-27-28-31-16-24(33(28)17-23(32-27)19-4-2-1-3-5-19)20-8-10-21(11-9-20)25(34)14-18-6-7-18/h1-5,8-13,16-18H,6-7,14-15H2,(H,30,32). The summed E-state index contributed by atoms with van der Waals surface area (Å²) in [5.74, 6) is 1.52. The van der Waals surface area contributed by atoms with Crippen molar-refractivity contribution < 1.29 is 4.79 Å². The van der Waals surface area contributed by atoms with Gasteiger partial charge in [0.05, 0.1) is 28.5 Å². The van der Waals surface area contributed by atoms with E-state index in [4.69, 9.17) is 21.6 Å². The molecule has 1 aliphatic rings. The van der Waals surface area contributed by atoms with Crippen LogP contribution in [0.4, 0.5) is 5.82 Å². The first kappa shape index (κ1) is 22.0. The summed E-state index contributed by atoms with van der Waals surface area (Å²) in [6.07, 6.45) is 6.90. The lowest BCUT2D eigenvalue weighted by molar-refractivity contribution is 0.0976. The van der Waals surface area contributed by atoms with Gasteiger partial charge in [0.15, 0.2) is 17.2 Å². The molecule has 1 aliphatic carbocycles. The number of carbonyl (C=O) groups excluding carboxylic acids is 1. The lowest BCUT2D eigenvalue weighted by Gasteiger charge is -2.11. The van der Waals surface area contributed by atoms with Crippen molar-refractivity contribution in [3.8, 4) is 22.5 Å². The summed E-state index contributed by atoms with van der Waals surface area (Å²) in [5.41, 5.74) is 5.34. The van der Waals surface area contributed by atoms with Crippen LogP contribution in [0.25, 0.3) is 28.2 Å². The van der Waals surface area contributed by atoms with E-state index in [0.29, 0.717) is 24.7 Å². The van der Waals surface area contributed by atoms with E-state index in [1.165, 1.54) is 12.8 Å². The Morgan fingerprint density at radius 1 is 1.03 bits per heavy atom. The van der Waals surface area contributed by atoms with E-state index in [2.05, 4.69) is 9.72 Å². The third kappa shape index (κ3) is 4.72. The summed E-state index contributed by atoms with van der Waals surface area (Å²) in [4.78, 5) is 23.2. The van der Waals surface area contributed by atoms with Gasteiger partial charge < -0.3 is 5.32 Å². The minimum absolute atomic E-state index is 0.230. The number of imidazole rings is 1. The average molecular weight is 499 g/mol. The summed E-state index contributed by atoms with van der Waals surface area (Å²) < 4.78 is 2.83. The monoisotopic (exact) mass is 498 g/mol. The maximum Gasteiger partial charge on any atom is 0.180 e. The largest absolute Gasteiger partial charge is 0.362 e. The third-order valence-electron chi connectivity index (χ3n) is 6.29. The molecule has 35 heavy (non-hydrogen) atoms. The zero-order valence-electron chi connectivity index (χ0n) is 18.9. The number of hydrogen-bond acceptors (Lipinski definition) is 5. The van der Waals surface area contributed by atoms with Crippen molar-refractivity contribution in [3.63, 3.8) is 0 Å². The van der Waals surface area contributed by atoms with Crippen LogP contribution in [-0.4, -0.2) is 20.2 Å². The number of thiophene rings is 1. The van der Waals surface area contributed by atoms with Crippen LogP contribution in [0.5, 0.6) is 0 Å². The smallest absolute Gasteiger partial charge is 0.180 e. The Morgan fingerprint density at radius 3 is 2.54 bits per heavy atom. The molecule has 3 aromatic heterocycles. The molecule has 7 heteroatoms. The number of rotatable bonds is 8. The van der Waals surface area contributed by atoms with Crippen molar-refractivity contribution in [2.24, 2.45) is 5.92 Å². The van der Waals surface area contributed by atoms with Gasteiger partial charge in [-0.1, -0.05) is 66.2 Å². The van der Waals surface area contributed by atoms with Crippen LogP contribution in [0, 0.1) is 5.92 Å². The lowest BCUT2D eigenvalue weighted by atomic mass is 10.0. The summed E-state index contributed by atoms with van der Waals surface area (Å²) in [7, 11) is 0. The Bertz CT molecular complexity index is 1500. The fraction of sp³-hybridized carbons (Fsp3) is 0.179. The van der Waals surface area contributed by atoms with E-state index >= 15 is 0 Å². The molecule has 1 saturated carbocycles. The van der Waals surface area contributed by atoms with Gasteiger partial charge >= 0.3 is 0 Å². The van der Waals surface area contributed by atoms with Gasteiger partial charge in [0, 0.05) is 34.2 Å². The molecule has 174 valence electrons. The first-order chi connectivity index (χ1) is 17.1. The normalized spacial score (nSPS) is 13.3. The maximum atomic E-state index is 12.5. The molecule has 0 saturated heterocycles. The van der Waals surface area contributed by atoms with Gasteiger partial charge in [-0.25, -0.2) is 9.97 Å². The van der Waals surface area contributed by atoms with Crippen molar-refractivity contribution >= 4 is 40.2 Å². The number of hydrogen-bond donors (Lipinski definition) is 1. The van der Waals surface area contributed by atoms with Gasteiger partial charge in [-0.3, -0.25) is 9.20 Å². The molecule has 6 rings (SSSR count). The molecular formula is C28H23ClN4OS. The average Bonchev–Trinajstić information content (AvgIpc) is 3.44. The zero-order valence-corrected chi connectivity index (χ0v) is 20.5. The number of halogens is 1. The van der Waals surface area contributed by atoms with Gasteiger partial charge in [0.1, 0.15) is 0 Å². The molecule has 2 aromatic carbocycles. The first-order valence-electron chi connectivity index (χ1n) is 11.7. The molecule has 0 atom stereocenters. The molecule has 0 spiro atoms. The minimum Gasteiger partial charge on any atom is -0.362 e. The van der Waals surface area contributed by atoms with E-state index in [1.54, 1.807) is 11.3 Å². The topological polar surface area (TPSA) is 59.3 Å². The number of Topliss-reactive ketones (excluding diaryl/α,β-unsaturated/α-hetero) is 1. The summed E-state index contributed by atoms with van der Waals surface area (Å²) in [6, 6.07) is 21.9. The number of carbonyl (C=O) groups is 1. The predicted octanol–water partition coefficient (Wildman–Crippen LogP) is 7.37. The van der Waals surface area contributed by atoms with E-state index in [1.807, 2.05) is 79.1 Å². The van der Waals surface area contributed by atoms with Crippen molar-refractivity contribution in [2.45, 2.75) is 25.8 Å². The van der Waals surface area contributed by atoms with Crippen LogP contribution in [0.3, 0.4) is 0 Å². The second kappa shape index (κ2) is 9.29. The van der Waals surface area contributed by atoms with Gasteiger partial charge in [0.25, 0.3) is 0 Å². The van der Waals surface area contributed by atoms with Crippen LogP contribution < -0.4 is 5.32 Å². The molecule has 0 aliphatic heterocycles. The molecule has 0 bridgehead atoms. The highest BCUT2D eigenvalue weighted by molar-refractivity contribution is 7.16. The van der Waals surface area contributed by atoms with Crippen molar-refractivity contribution in [3.05, 3.63) is 93.9 Å². The van der Waals surface area contributed by atoms with Gasteiger partial charge in [-0.15, -0.1) is 11.3 Å². The first-order valence-corrected chi connectivity index (χ1v) is 12.9. The molecule has 5 nitrogen and oxygen atoms in total. The highest BCUT2D eigenvalue weighted by atomic mass is 35.5. The highest BCUT2D eigenvalue weighted by Gasteiger charge is 2.25. The quantitative estimate of drug-likeness (QED) is 0.227. The third-order valence-corrected chi connectivity index (χ3v) is 7.53. The molecular weight excluding hydrogens is 476 g/mol. The van der Waals surface area contributed by atoms with E-state index in [-0.39, 0.29) is 5.78 Å². The van der Waals surface area contributed by atoms with Crippen LogP contribution in [0.2, 0.25) is 4.34 Å². The Labute approximate surface area is 212 Å². The van der Waals surface area contributed by atoms with E-state index in [9.17, 15) is 4.79 Å².